The standard InChI is InChI=1S/C4H8O3S/c1-4(7,2-8)3(5)6/h7-8H,2H2,1H3,(H,5,6). The van der Waals surface area contributed by atoms with Crippen molar-refractivity contribution in [1.82, 2.24) is 0 Å². The van der Waals surface area contributed by atoms with Crippen LogP contribution in [0.1, 0.15) is 6.92 Å². The fraction of sp³-hybridized carbons (Fsp3) is 0.750. The Morgan fingerprint density at radius 3 is 2.25 bits per heavy atom. The molecule has 8 heavy (non-hydrogen) atoms. The third kappa shape index (κ3) is 1.71. The summed E-state index contributed by atoms with van der Waals surface area (Å²) in [5.74, 6) is -1.31. The molecule has 0 saturated carbocycles. The van der Waals surface area contributed by atoms with Crippen molar-refractivity contribution in [3.8, 4) is 0 Å². The van der Waals surface area contributed by atoms with Gasteiger partial charge in [0.05, 0.1) is 0 Å². The minimum absolute atomic E-state index is 0.0671. The molecule has 0 aliphatic rings. The van der Waals surface area contributed by atoms with E-state index in [-0.39, 0.29) is 5.75 Å². The normalized spacial score (nSPS) is 17.4. The maximum Gasteiger partial charge on any atom is 0.336 e. The minimum Gasteiger partial charge on any atom is -0.479 e. The highest BCUT2D eigenvalue weighted by molar-refractivity contribution is 7.80. The molecule has 0 aromatic carbocycles. The van der Waals surface area contributed by atoms with Crippen LogP contribution < -0.4 is 0 Å². The maximum absolute atomic E-state index is 9.95. The Hall–Kier alpha value is -0.220. The molecule has 4 heteroatoms. The van der Waals surface area contributed by atoms with Crippen LogP contribution in [0.5, 0.6) is 0 Å². The molecule has 0 aliphatic carbocycles. The fourth-order valence-corrected chi connectivity index (χ4v) is 0.203. The van der Waals surface area contributed by atoms with Crippen molar-refractivity contribution in [3.63, 3.8) is 0 Å². The second-order valence-corrected chi connectivity index (χ2v) is 2.05. The SMILES string of the molecule is CC(O)(CS)C(=O)O. The molecule has 1 unspecified atom stereocenters. The van der Waals surface area contributed by atoms with Gasteiger partial charge in [0, 0.05) is 5.75 Å². The third-order valence-electron chi connectivity index (χ3n) is 0.769. The number of thiol groups is 1. The number of carboxylic acid groups (broad SMARTS) is 1. The zero-order valence-electron chi connectivity index (χ0n) is 4.46. The highest BCUT2D eigenvalue weighted by Gasteiger charge is 2.27. The number of aliphatic carboxylic acids is 1. The van der Waals surface area contributed by atoms with Gasteiger partial charge >= 0.3 is 5.97 Å². The molecule has 0 aromatic rings. The maximum atomic E-state index is 9.95. The molecule has 0 aliphatic heterocycles. The van der Waals surface area contributed by atoms with E-state index >= 15 is 0 Å². The average molecular weight is 136 g/mol. The molecule has 0 bridgehead atoms. The Morgan fingerprint density at radius 1 is 1.88 bits per heavy atom. The molecule has 0 aromatic heterocycles. The molecule has 3 nitrogen and oxygen atoms in total. The quantitative estimate of drug-likeness (QED) is 0.459. The molecule has 1 atom stereocenters. The van der Waals surface area contributed by atoms with Gasteiger partial charge in [-0.15, -0.1) is 0 Å². The summed E-state index contributed by atoms with van der Waals surface area (Å²) in [6.45, 7) is 1.20. The van der Waals surface area contributed by atoms with E-state index in [4.69, 9.17) is 10.2 Å². The molecule has 0 saturated heterocycles. The van der Waals surface area contributed by atoms with Crippen LogP contribution in [0.4, 0.5) is 0 Å². The molecule has 0 spiro atoms. The summed E-state index contributed by atoms with van der Waals surface area (Å²) in [7, 11) is 0. The van der Waals surface area contributed by atoms with Gasteiger partial charge in [-0.2, -0.15) is 12.6 Å². The predicted octanol–water partition coefficient (Wildman–Crippen LogP) is -0.248. The van der Waals surface area contributed by atoms with Gasteiger partial charge in [0.2, 0.25) is 0 Å². The number of rotatable bonds is 2. The number of carbonyl (C=O) groups is 1. The zero-order valence-corrected chi connectivity index (χ0v) is 5.35. The van der Waals surface area contributed by atoms with E-state index in [1.165, 1.54) is 6.92 Å². The number of hydrogen-bond donors (Lipinski definition) is 3. The van der Waals surface area contributed by atoms with Gasteiger partial charge in [-0.3, -0.25) is 0 Å². The van der Waals surface area contributed by atoms with E-state index in [2.05, 4.69) is 12.6 Å². The van der Waals surface area contributed by atoms with E-state index in [0.717, 1.165) is 0 Å². The summed E-state index contributed by atoms with van der Waals surface area (Å²) in [4.78, 5) is 9.95. The first-order valence-electron chi connectivity index (χ1n) is 2.07. The van der Waals surface area contributed by atoms with Crippen molar-refractivity contribution in [3.05, 3.63) is 0 Å². The van der Waals surface area contributed by atoms with E-state index in [1.807, 2.05) is 0 Å². The number of aliphatic hydroxyl groups is 1. The van der Waals surface area contributed by atoms with Crippen molar-refractivity contribution in [2.45, 2.75) is 12.5 Å². The third-order valence-corrected chi connectivity index (χ3v) is 1.38. The highest BCUT2D eigenvalue weighted by Crippen LogP contribution is 2.03. The first-order valence-corrected chi connectivity index (χ1v) is 2.70. The molecule has 0 fully saturated rings. The van der Waals surface area contributed by atoms with Crippen molar-refractivity contribution < 1.29 is 15.0 Å². The largest absolute Gasteiger partial charge is 0.479 e. The smallest absolute Gasteiger partial charge is 0.336 e. The second-order valence-electron chi connectivity index (χ2n) is 1.74. The zero-order chi connectivity index (χ0) is 6.78. The van der Waals surface area contributed by atoms with Crippen molar-refractivity contribution in [2.24, 2.45) is 0 Å². The highest BCUT2D eigenvalue weighted by atomic mass is 32.1. The van der Waals surface area contributed by atoms with Crippen LogP contribution in [0.3, 0.4) is 0 Å². The van der Waals surface area contributed by atoms with E-state index in [1.54, 1.807) is 0 Å². The summed E-state index contributed by atoms with van der Waals surface area (Å²) >= 11 is 3.61. The van der Waals surface area contributed by atoms with Gasteiger partial charge in [-0.1, -0.05) is 0 Å². The van der Waals surface area contributed by atoms with Gasteiger partial charge < -0.3 is 10.2 Å². The van der Waals surface area contributed by atoms with Gasteiger partial charge in [-0.25, -0.2) is 4.79 Å². The van der Waals surface area contributed by atoms with Gasteiger partial charge in [0.15, 0.2) is 5.60 Å². The van der Waals surface area contributed by atoms with Crippen LogP contribution in [0.15, 0.2) is 0 Å². The lowest BCUT2D eigenvalue weighted by Crippen LogP contribution is -2.36. The Bertz CT molecular complexity index is 99.5. The molecular formula is C4H8O3S. The lowest BCUT2D eigenvalue weighted by molar-refractivity contribution is -0.154. The molecule has 2 N–H and O–H groups in total. The lowest BCUT2D eigenvalue weighted by atomic mass is 10.1. The molecule has 0 heterocycles. The topological polar surface area (TPSA) is 57.5 Å². The van der Waals surface area contributed by atoms with Gasteiger partial charge in [-0.05, 0) is 6.92 Å². The molecule has 0 radical (unpaired) electrons. The molecule has 0 amide bonds. The van der Waals surface area contributed by atoms with E-state index in [9.17, 15) is 4.79 Å². The number of hydrogen-bond acceptors (Lipinski definition) is 3. The molecule has 0 rings (SSSR count). The lowest BCUT2D eigenvalue weighted by Gasteiger charge is -2.12. The summed E-state index contributed by atoms with van der Waals surface area (Å²) in [5.41, 5.74) is -1.68. The molecular weight excluding hydrogens is 128 g/mol. The van der Waals surface area contributed by atoms with Gasteiger partial charge in [0.1, 0.15) is 0 Å². The van der Waals surface area contributed by atoms with Crippen molar-refractivity contribution >= 4 is 18.6 Å². The summed E-state index contributed by atoms with van der Waals surface area (Å²) in [6.07, 6.45) is 0. The Kier molecular flexibility index (Phi) is 2.30. The Balaban J connectivity index is 3.91. The molecule has 48 valence electrons. The van der Waals surface area contributed by atoms with Crippen LogP contribution in [0.25, 0.3) is 0 Å². The summed E-state index contributed by atoms with van der Waals surface area (Å²) in [5, 5.41) is 16.9. The number of carboxylic acids is 1. The van der Waals surface area contributed by atoms with Gasteiger partial charge in [0.25, 0.3) is 0 Å². The summed E-state index contributed by atoms with van der Waals surface area (Å²) < 4.78 is 0. The fourth-order valence-electron chi connectivity index (χ4n) is 0.0676. The van der Waals surface area contributed by atoms with Crippen molar-refractivity contribution in [2.75, 3.05) is 5.75 Å². The van der Waals surface area contributed by atoms with Crippen LogP contribution in [-0.2, 0) is 4.79 Å². The van der Waals surface area contributed by atoms with E-state index < -0.39 is 11.6 Å². The summed E-state index contributed by atoms with van der Waals surface area (Å²) in [6, 6.07) is 0. The van der Waals surface area contributed by atoms with Crippen molar-refractivity contribution in [1.29, 1.82) is 0 Å². The first kappa shape index (κ1) is 7.78. The average Bonchev–Trinajstić information content (AvgIpc) is 1.67. The Morgan fingerprint density at radius 2 is 2.25 bits per heavy atom. The Labute approximate surface area is 52.7 Å². The predicted molar refractivity (Wildman–Crippen MR) is 32.1 cm³/mol. The van der Waals surface area contributed by atoms with Crippen LogP contribution >= 0.6 is 12.6 Å². The van der Waals surface area contributed by atoms with Crippen LogP contribution in [0, 0.1) is 0 Å². The van der Waals surface area contributed by atoms with E-state index in [0.29, 0.717) is 0 Å². The second kappa shape index (κ2) is 2.37. The van der Waals surface area contributed by atoms with Crippen LogP contribution in [0.2, 0.25) is 0 Å². The first-order chi connectivity index (χ1) is 3.50. The van der Waals surface area contributed by atoms with Crippen LogP contribution in [-0.4, -0.2) is 27.5 Å². The monoisotopic (exact) mass is 136 g/mol. The minimum atomic E-state index is -1.68.